The molecule has 0 spiro atoms. The van der Waals surface area contributed by atoms with E-state index in [2.05, 4.69) is 40.7 Å². The average Bonchev–Trinajstić information content (AvgIpc) is 2.48. The lowest BCUT2D eigenvalue weighted by Gasteiger charge is -1.92. The van der Waals surface area contributed by atoms with E-state index in [1.54, 1.807) is 11.3 Å². The number of thiazole rings is 1. The van der Waals surface area contributed by atoms with Gasteiger partial charge in [-0.3, -0.25) is 0 Å². The van der Waals surface area contributed by atoms with E-state index in [1.807, 2.05) is 5.51 Å². The summed E-state index contributed by atoms with van der Waals surface area (Å²) in [6, 6.07) is 0. The summed E-state index contributed by atoms with van der Waals surface area (Å²) in [5.74, 6) is 0. The van der Waals surface area contributed by atoms with Crippen molar-refractivity contribution in [3.05, 3.63) is 47.0 Å². The molecule has 0 aliphatic heterocycles. The molecule has 0 amide bonds. The van der Waals surface area contributed by atoms with E-state index in [0.29, 0.717) is 0 Å². The summed E-state index contributed by atoms with van der Waals surface area (Å²) < 4.78 is 0. The highest BCUT2D eigenvalue weighted by Gasteiger charge is 1.98. The van der Waals surface area contributed by atoms with Gasteiger partial charge in [-0.05, 0) is 6.42 Å². The molecule has 1 aromatic heterocycles. The molecule has 1 aliphatic carbocycles. The van der Waals surface area contributed by atoms with E-state index < -0.39 is 0 Å². The summed E-state index contributed by atoms with van der Waals surface area (Å²) in [5, 5.41) is 2.06. The monoisotopic (exact) mass is 175 g/mol. The molecule has 1 heterocycles. The number of aromatic nitrogens is 1. The van der Waals surface area contributed by atoms with Gasteiger partial charge >= 0.3 is 0 Å². The maximum Gasteiger partial charge on any atom is 0.0811 e. The summed E-state index contributed by atoms with van der Waals surface area (Å²) >= 11 is 1.63. The Balaban J connectivity index is 2.34. The molecule has 1 aromatic rings. The van der Waals surface area contributed by atoms with Crippen LogP contribution in [-0.4, -0.2) is 4.98 Å². The van der Waals surface area contributed by atoms with E-state index in [0.717, 1.165) is 12.1 Å². The first-order chi connectivity index (χ1) is 5.97. The zero-order chi connectivity index (χ0) is 8.23. The van der Waals surface area contributed by atoms with Gasteiger partial charge in [-0.2, -0.15) is 0 Å². The molecule has 0 bridgehead atoms. The van der Waals surface area contributed by atoms with Gasteiger partial charge in [-0.1, -0.05) is 30.4 Å². The first-order valence-electron chi connectivity index (χ1n) is 3.89. The predicted octanol–water partition coefficient (Wildman–Crippen LogP) is 3.04. The first-order valence-corrected chi connectivity index (χ1v) is 4.83. The van der Waals surface area contributed by atoms with Gasteiger partial charge in [-0.25, -0.2) is 4.98 Å². The van der Waals surface area contributed by atoms with E-state index in [4.69, 9.17) is 0 Å². The maximum atomic E-state index is 4.25. The molecule has 0 aromatic carbocycles. The standard InChI is InChI=1S/C10H9NS/c1-2-4-6-9(5-3-1)10-7-12-8-11-10/h1,3-8H,2H2. The van der Waals surface area contributed by atoms with Gasteiger partial charge in [0.15, 0.2) is 0 Å². The summed E-state index contributed by atoms with van der Waals surface area (Å²) in [4.78, 5) is 4.25. The molecule has 2 heteroatoms. The molecule has 0 saturated carbocycles. The van der Waals surface area contributed by atoms with Gasteiger partial charge in [0.25, 0.3) is 0 Å². The molecule has 1 nitrogen and oxygen atoms in total. The lowest BCUT2D eigenvalue weighted by atomic mass is 10.2. The minimum atomic E-state index is 1.02. The van der Waals surface area contributed by atoms with Crippen LogP contribution in [0.15, 0.2) is 41.3 Å². The van der Waals surface area contributed by atoms with E-state index in [-0.39, 0.29) is 0 Å². The van der Waals surface area contributed by atoms with E-state index in [1.165, 1.54) is 5.57 Å². The average molecular weight is 175 g/mol. The molecular weight excluding hydrogens is 166 g/mol. The van der Waals surface area contributed by atoms with Crippen molar-refractivity contribution in [1.29, 1.82) is 0 Å². The molecular formula is C10H9NS. The Hall–Kier alpha value is -1.15. The Kier molecular flexibility index (Phi) is 2.19. The molecule has 0 unspecified atom stereocenters. The highest BCUT2D eigenvalue weighted by molar-refractivity contribution is 7.07. The van der Waals surface area contributed by atoms with Gasteiger partial charge in [0.2, 0.25) is 0 Å². The van der Waals surface area contributed by atoms with Gasteiger partial charge in [0, 0.05) is 11.0 Å². The fraction of sp³-hybridized carbons (Fsp3) is 0.100. The van der Waals surface area contributed by atoms with Crippen molar-refractivity contribution >= 4 is 16.9 Å². The van der Waals surface area contributed by atoms with Crippen molar-refractivity contribution in [1.82, 2.24) is 4.98 Å². The first kappa shape index (κ1) is 7.50. The highest BCUT2D eigenvalue weighted by atomic mass is 32.1. The van der Waals surface area contributed by atoms with Crippen LogP contribution in [-0.2, 0) is 0 Å². The Morgan fingerprint density at radius 3 is 3.17 bits per heavy atom. The highest BCUT2D eigenvalue weighted by Crippen LogP contribution is 2.17. The second kappa shape index (κ2) is 3.50. The second-order valence-corrected chi connectivity index (χ2v) is 3.28. The smallest absolute Gasteiger partial charge is 0.0811 e. The van der Waals surface area contributed by atoms with Gasteiger partial charge in [0.1, 0.15) is 0 Å². The van der Waals surface area contributed by atoms with Crippen molar-refractivity contribution < 1.29 is 0 Å². The molecule has 12 heavy (non-hydrogen) atoms. The number of nitrogens with zero attached hydrogens (tertiary/aromatic N) is 1. The van der Waals surface area contributed by atoms with Crippen LogP contribution in [0.4, 0.5) is 0 Å². The predicted molar refractivity (Wildman–Crippen MR) is 53.0 cm³/mol. The van der Waals surface area contributed by atoms with Crippen LogP contribution >= 0.6 is 11.3 Å². The van der Waals surface area contributed by atoms with Crippen LogP contribution < -0.4 is 0 Å². The number of hydrogen-bond acceptors (Lipinski definition) is 2. The summed E-state index contributed by atoms with van der Waals surface area (Å²) in [5.41, 5.74) is 4.13. The molecule has 60 valence electrons. The third-order valence-electron chi connectivity index (χ3n) is 1.71. The minimum absolute atomic E-state index is 1.02. The van der Waals surface area contributed by atoms with E-state index >= 15 is 0 Å². The zero-order valence-electron chi connectivity index (χ0n) is 6.60. The third kappa shape index (κ3) is 1.53. The zero-order valence-corrected chi connectivity index (χ0v) is 7.42. The third-order valence-corrected chi connectivity index (χ3v) is 2.30. The van der Waals surface area contributed by atoms with E-state index in [9.17, 15) is 0 Å². The molecule has 1 aliphatic rings. The normalized spacial score (nSPS) is 15.8. The Bertz CT molecular complexity index is 331. The minimum Gasteiger partial charge on any atom is -0.245 e. The molecule has 0 atom stereocenters. The van der Waals surface area contributed by atoms with Crippen molar-refractivity contribution in [2.75, 3.05) is 0 Å². The Morgan fingerprint density at radius 2 is 2.33 bits per heavy atom. The van der Waals surface area contributed by atoms with Crippen LogP contribution in [0.25, 0.3) is 5.57 Å². The van der Waals surface area contributed by atoms with Crippen LogP contribution in [0.5, 0.6) is 0 Å². The lowest BCUT2D eigenvalue weighted by Crippen LogP contribution is -1.77. The van der Waals surface area contributed by atoms with Crippen molar-refractivity contribution in [3.8, 4) is 0 Å². The van der Waals surface area contributed by atoms with Crippen molar-refractivity contribution in [2.24, 2.45) is 0 Å². The maximum absolute atomic E-state index is 4.25. The lowest BCUT2D eigenvalue weighted by molar-refractivity contribution is 1.36. The van der Waals surface area contributed by atoms with Crippen LogP contribution in [0.2, 0.25) is 0 Å². The number of allylic oxidation sites excluding steroid dienone is 6. The van der Waals surface area contributed by atoms with Crippen molar-refractivity contribution in [3.63, 3.8) is 0 Å². The Labute approximate surface area is 75.8 Å². The quantitative estimate of drug-likeness (QED) is 0.639. The molecule has 0 fully saturated rings. The van der Waals surface area contributed by atoms with Gasteiger partial charge in [-0.15, -0.1) is 11.3 Å². The molecule has 0 saturated heterocycles. The van der Waals surface area contributed by atoms with Crippen LogP contribution in [0, 0.1) is 0 Å². The number of rotatable bonds is 1. The SMILES string of the molecule is C1=CCC=CC(c2cscn2)=C1. The summed E-state index contributed by atoms with van der Waals surface area (Å²) in [7, 11) is 0. The largest absolute Gasteiger partial charge is 0.245 e. The fourth-order valence-electron chi connectivity index (χ4n) is 1.11. The Morgan fingerprint density at radius 1 is 1.33 bits per heavy atom. The van der Waals surface area contributed by atoms with Gasteiger partial charge in [0.05, 0.1) is 11.2 Å². The topological polar surface area (TPSA) is 12.9 Å². The summed E-state index contributed by atoms with van der Waals surface area (Å²) in [6.07, 6.45) is 11.6. The fourth-order valence-corrected chi connectivity index (χ4v) is 1.67. The molecule has 0 radical (unpaired) electrons. The van der Waals surface area contributed by atoms with Crippen molar-refractivity contribution in [2.45, 2.75) is 6.42 Å². The van der Waals surface area contributed by atoms with Crippen LogP contribution in [0.1, 0.15) is 12.1 Å². The summed E-state index contributed by atoms with van der Waals surface area (Å²) in [6.45, 7) is 0. The van der Waals surface area contributed by atoms with Gasteiger partial charge < -0.3 is 0 Å². The molecule has 0 N–H and O–H groups in total. The number of hydrogen-bond donors (Lipinski definition) is 0. The molecule has 2 rings (SSSR count). The second-order valence-electron chi connectivity index (χ2n) is 2.56. The van der Waals surface area contributed by atoms with Crippen LogP contribution in [0.3, 0.4) is 0 Å².